The summed E-state index contributed by atoms with van der Waals surface area (Å²) in [7, 11) is 0. The van der Waals surface area contributed by atoms with Gasteiger partial charge in [0.15, 0.2) is 0 Å². The predicted octanol–water partition coefficient (Wildman–Crippen LogP) is -1.18. The Kier molecular flexibility index (Phi) is 3.65. The van der Waals surface area contributed by atoms with Crippen molar-refractivity contribution in [1.29, 1.82) is 0 Å². The van der Waals surface area contributed by atoms with Crippen molar-refractivity contribution in [3.8, 4) is 0 Å². The molecular weight excluding hydrogens is 200 g/mol. The summed E-state index contributed by atoms with van der Waals surface area (Å²) >= 11 is 0. The number of carboxylic acids is 1. The smallest absolute Gasteiger partial charge is 0.328 e. The van der Waals surface area contributed by atoms with Crippen LogP contribution in [0.3, 0.4) is 0 Å². The second kappa shape index (κ2) is 4.59. The van der Waals surface area contributed by atoms with Crippen molar-refractivity contribution in [2.24, 2.45) is 5.73 Å². The van der Waals surface area contributed by atoms with Gasteiger partial charge in [-0.15, -0.1) is 0 Å². The van der Waals surface area contributed by atoms with Crippen molar-refractivity contribution in [1.82, 2.24) is 5.32 Å². The molecule has 86 valence electrons. The monoisotopic (exact) mass is 216 g/mol. The molecule has 1 rings (SSSR count). The largest absolute Gasteiger partial charge is 0.480 e. The van der Waals surface area contributed by atoms with Crippen LogP contribution in [0.15, 0.2) is 0 Å². The van der Waals surface area contributed by atoms with E-state index >= 15 is 0 Å². The van der Waals surface area contributed by atoms with E-state index in [2.05, 4.69) is 5.32 Å². The lowest BCUT2D eigenvalue weighted by atomic mass is 9.75. The Hall–Kier alpha value is -1.14. The second-order valence-electron chi connectivity index (χ2n) is 4.03. The van der Waals surface area contributed by atoms with Crippen LogP contribution in [0.5, 0.6) is 0 Å². The van der Waals surface area contributed by atoms with E-state index in [1.165, 1.54) is 0 Å². The van der Waals surface area contributed by atoms with Gasteiger partial charge in [-0.3, -0.25) is 4.79 Å². The summed E-state index contributed by atoms with van der Waals surface area (Å²) < 4.78 is 0. The minimum atomic E-state index is -1.24. The number of carboxylic acid groups (broad SMARTS) is 1. The van der Waals surface area contributed by atoms with Crippen molar-refractivity contribution in [3.63, 3.8) is 0 Å². The number of rotatable bonds is 5. The highest BCUT2D eigenvalue weighted by Crippen LogP contribution is 2.31. The number of aliphatic carboxylic acids is 1. The Morgan fingerprint density at radius 3 is 2.40 bits per heavy atom. The normalized spacial score (nSPS) is 20.1. The van der Waals surface area contributed by atoms with Gasteiger partial charge in [-0.1, -0.05) is 0 Å². The average molecular weight is 216 g/mol. The van der Waals surface area contributed by atoms with Crippen LogP contribution >= 0.6 is 0 Å². The summed E-state index contributed by atoms with van der Waals surface area (Å²) in [4.78, 5) is 21.9. The quantitative estimate of drug-likeness (QED) is 0.462. The van der Waals surface area contributed by atoms with Crippen LogP contribution in [0.25, 0.3) is 0 Å². The summed E-state index contributed by atoms with van der Waals surface area (Å²) in [5.74, 6) is -1.66. The molecule has 0 spiro atoms. The lowest BCUT2D eigenvalue weighted by Crippen LogP contribution is -2.52. The summed E-state index contributed by atoms with van der Waals surface area (Å²) in [6, 6.07) is -1.24. The number of carbonyl (C=O) groups is 2. The second-order valence-corrected chi connectivity index (χ2v) is 4.03. The van der Waals surface area contributed by atoms with Crippen LogP contribution in [0.1, 0.15) is 25.7 Å². The highest BCUT2D eigenvalue weighted by atomic mass is 16.4. The lowest BCUT2D eigenvalue weighted by molar-refractivity contribution is -0.143. The molecule has 15 heavy (non-hydrogen) atoms. The van der Waals surface area contributed by atoms with Gasteiger partial charge < -0.3 is 21.3 Å². The molecule has 0 aromatic heterocycles. The molecule has 1 atom stereocenters. The average Bonchev–Trinajstić information content (AvgIpc) is 2.11. The highest BCUT2D eigenvalue weighted by molar-refractivity contribution is 5.84. The van der Waals surface area contributed by atoms with E-state index in [1.54, 1.807) is 0 Å². The van der Waals surface area contributed by atoms with E-state index < -0.39 is 30.1 Å². The zero-order valence-electron chi connectivity index (χ0n) is 8.40. The maximum atomic E-state index is 11.4. The van der Waals surface area contributed by atoms with Gasteiger partial charge in [0.1, 0.15) is 6.04 Å². The molecule has 6 heteroatoms. The fraction of sp³-hybridized carbons (Fsp3) is 0.778. The maximum Gasteiger partial charge on any atom is 0.328 e. The molecule has 0 aromatic rings. The summed E-state index contributed by atoms with van der Waals surface area (Å²) in [6.07, 6.45) is 2.71. The van der Waals surface area contributed by atoms with Gasteiger partial charge in [0.2, 0.25) is 5.91 Å². The standard InChI is InChI=1S/C9H16N2O4/c10-9(2-1-3-9)4-7(13)11-6(5-12)8(14)15/h6,12H,1-5,10H2,(H,11,13)(H,14,15)/t6-/m1/s1. The molecule has 1 amide bonds. The van der Waals surface area contributed by atoms with Gasteiger partial charge in [-0.2, -0.15) is 0 Å². The molecule has 6 nitrogen and oxygen atoms in total. The van der Waals surface area contributed by atoms with E-state index in [-0.39, 0.29) is 6.42 Å². The third kappa shape index (κ3) is 3.17. The Balaban J connectivity index is 2.37. The molecule has 0 saturated heterocycles. The number of nitrogens with two attached hydrogens (primary N) is 1. The van der Waals surface area contributed by atoms with Crippen molar-refractivity contribution in [2.75, 3.05) is 6.61 Å². The first-order valence-corrected chi connectivity index (χ1v) is 4.89. The summed E-state index contributed by atoms with van der Waals surface area (Å²) in [6.45, 7) is -0.612. The SMILES string of the molecule is NC1(CC(=O)N[C@H](CO)C(=O)O)CCC1. The summed E-state index contributed by atoms with van der Waals surface area (Å²) in [5, 5.41) is 19.5. The van der Waals surface area contributed by atoms with Crippen LogP contribution < -0.4 is 11.1 Å². The number of hydrogen-bond acceptors (Lipinski definition) is 4. The maximum absolute atomic E-state index is 11.4. The van der Waals surface area contributed by atoms with E-state index in [0.717, 1.165) is 19.3 Å². The fourth-order valence-corrected chi connectivity index (χ4v) is 1.56. The number of carbonyl (C=O) groups excluding carboxylic acids is 1. The van der Waals surface area contributed by atoms with Crippen LogP contribution in [0.2, 0.25) is 0 Å². The lowest BCUT2D eigenvalue weighted by Gasteiger charge is -2.37. The third-order valence-electron chi connectivity index (χ3n) is 2.68. The van der Waals surface area contributed by atoms with E-state index in [4.69, 9.17) is 15.9 Å². The fourth-order valence-electron chi connectivity index (χ4n) is 1.56. The zero-order chi connectivity index (χ0) is 11.5. The van der Waals surface area contributed by atoms with E-state index in [0.29, 0.717) is 0 Å². The Morgan fingerprint density at radius 2 is 2.07 bits per heavy atom. The van der Waals surface area contributed by atoms with Crippen molar-refractivity contribution >= 4 is 11.9 Å². The first kappa shape index (κ1) is 11.9. The number of amides is 1. The number of aliphatic hydroxyl groups excluding tert-OH is 1. The molecule has 0 aliphatic heterocycles. The zero-order valence-corrected chi connectivity index (χ0v) is 8.40. The number of hydrogen-bond donors (Lipinski definition) is 4. The number of nitrogens with one attached hydrogen (secondary N) is 1. The van der Waals surface area contributed by atoms with Gasteiger partial charge in [-0.25, -0.2) is 4.79 Å². The third-order valence-corrected chi connectivity index (χ3v) is 2.68. The van der Waals surface area contributed by atoms with E-state index in [9.17, 15) is 9.59 Å². The topological polar surface area (TPSA) is 113 Å². The van der Waals surface area contributed by atoms with Crippen molar-refractivity contribution in [3.05, 3.63) is 0 Å². The molecule has 1 fully saturated rings. The molecule has 1 aliphatic carbocycles. The van der Waals surface area contributed by atoms with Crippen LogP contribution in [-0.2, 0) is 9.59 Å². The molecule has 1 aliphatic rings. The molecule has 0 aromatic carbocycles. The minimum Gasteiger partial charge on any atom is -0.480 e. The van der Waals surface area contributed by atoms with Crippen LogP contribution in [0, 0.1) is 0 Å². The number of aliphatic hydroxyl groups is 1. The van der Waals surface area contributed by atoms with Gasteiger partial charge >= 0.3 is 5.97 Å². The Labute approximate surface area is 87.5 Å². The first-order chi connectivity index (χ1) is 6.97. The van der Waals surface area contributed by atoms with Crippen molar-refractivity contribution in [2.45, 2.75) is 37.3 Å². The van der Waals surface area contributed by atoms with Crippen LogP contribution in [0.4, 0.5) is 0 Å². The van der Waals surface area contributed by atoms with Gasteiger partial charge in [0.05, 0.1) is 6.61 Å². The van der Waals surface area contributed by atoms with Gasteiger partial charge in [-0.05, 0) is 19.3 Å². The molecule has 5 N–H and O–H groups in total. The predicted molar refractivity (Wildman–Crippen MR) is 52.0 cm³/mol. The Morgan fingerprint density at radius 1 is 1.47 bits per heavy atom. The van der Waals surface area contributed by atoms with Crippen molar-refractivity contribution < 1.29 is 19.8 Å². The van der Waals surface area contributed by atoms with Gasteiger partial charge in [0.25, 0.3) is 0 Å². The molecule has 0 heterocycles. The molecule has 0 bridgehead atoms. The highest BCUT2D eigenvalue weighted by Gasteiger charge is 2.35. The molecular formula is C9H16N2O4. The minimum absolute atomic E-state index is 0.122. The van der Waals surface area contributed by atoms with E-state index in [1.807, 2.05) is 0 Å². The van der Waals surface area contributed by atoms with Crippen LogP contribution in [-0.4, -0.2) is 40.3 Å². The first-order valence-electron chi connectivity index (χ1n) is 4.89. The Bertz CT molecular complexity index is 263. The molecule has 0 radical (unpaired) electrons. The molecule has 1 saturated carbocycles. The van der Waals surface area contributed by atoms with Gasteiger partial charge in [0, 0.05) is 12.0 Å². The molecule has 0 unspecified atom stereocenters. The summed E-state index contributed by atoms with van der Waals surface area (Å²) in [5.41, 5.74) is 5.36.